The molecule has 26 heavy (non-hydrogen) atoms. The number of pyridine rings is 1. The van der Waals surface area contributed by atoms with Crippen molar-refractivity contribution in [2.24, 2.45) is 15.1 Å². The number of hydrogen-bond donors (Lipinski definition) is 1. The molecule has 0 unspecified atom stereocenters. The summed E-state index contributed by atoms with van der Waals surface area (Å²) in [5.41, 5.74) is 5.08. The third-order valence-corrected chi connectivity index (χ3v) is 3.60. The van der Waals surface area contributed by atoms with Gasteiger partial charge in [0.05, 0.1) is 30.7 Å². The SMILES string of the molecule is COC(=O)/C(C)=N\NC1=Nc2ccc(F)cc2C(c2ccccn2)=NC1. The molecule has 0 radical (unpaired) electrons. The van der Waals surface area contributed by atoms with Crippen LogP contribution in [0.15, 0.2) is 57.7 Å². The minimum absolute atomic E-state index is 0.146. The number of nitrogens with zero attached hydrogens (tertiary/aromatic N) is 4. The monoisotopic (exact) mass is 353 g/mol. The molecular weight excluding hydrogens is 337 g/mol. The quantitative estimate of drug-likeness (QED) is 0.521. The number of halogens is 1. The van der Waals surface area contributed by atoms with Crippen LogP contribution < -0.4 is 5.43 Å². The van der Waals surface area contributed by atoms with Gasteiger partial charge in [0.1, 0.15) is 17.4 Å². The molecule has 1 N–H and O–H groups in total. The van der Waals surface area contributed by atoms with Crippen LogP contribution in [-0.4, -0.2) is 41.9 Å². The summed E-state index contributed by atoms with van der Waals surface area (Å²) in [4.78, 5) is 24.7. The van der Waals surface area contributed by atoms with E-state index in [1.54, 1.807) is 24.4 Å². The van der Waals surface area contributed by atoms with Crippen molar-refractivity contribution in [2.75, 3.05) is 13.7 Å². The Labute approximate surface area is 149 Å². The van der Waals surface area contributed by atoms with Gasteiger partial charge in [-0.25, -0.2) is 14.2 Å². The van der Waals surface area contributed by atoms with E-state index in [9.17, 15) is 9.18 Å². The fourth-order valence-corrected chi connectivity index (χ4v) is 2.34. The number of nitrogens with one attached hydrogen (secondary N) is 1. The Bertz CT molecular complexity index is 922. The van der Waals surface area contributed by atoms with Gasteiger partial charge in [0.2, 0.25) is 0 Å². The van der Waals surface area contributed by atoms with Crippen molar-refractivity contribution in [1.29, 1.82) is 0 Å². The van der Waals surface area contributed by atoms with E-state index in [1.807, 2.05) is 6.07 Å². The van der Waals surface area contributed by atoms with Crippen molar-refractivity contribution in [2.45, 2.75) is 6.92 Å². The Morgan fingerprint density at radius 1 is 1.31 bits per heavy atom. The maximum atomic E-state index is 13.8. The second kappa shape index (κ2) is 7.64. The number of ether oxygens (including phenoxy) is 1. The lowest BCUT2D eigenvalue weighted by atomic mass is 10.0. The number of aliphatic imine (C=N–C) groups is 2. The molecule has 2 aromatic rings. The van der Waals surface area contributed by atoms with Crippen LogP contribution in [0.25, 0.3) is 0 Å². The zero-order valence-electron chi connectivity index (χ0n) is 14.2. The van der Waals surface area contributed by atoms with Gasteiger partial charge in [-0.05, 0) is 37.3 Å². The number of carbonyl (C=O) groups is 1. The predicted octanol–water partition coefficient (Wildman–Crippen LogP) is 2.24. The Morgan fingerprint density at radius 2 is 2.15 bits per heavy atom. The molecule has 1 aromatic heterocycles. The molecule has 7 nitrogen and oxygen atoms in total. The second-order valence-corrected chi connectivity index (χ2v) is 5.40. The highest BCUT2D eigenvalue weighted by atomic mass is 19.1. The fourth-order valence-electron chi connectivity index (χ4n) is 2.34. The third kappa shape index (κ3) is 3.80. The molecule has 3 rings (SSSR count). The summed E-state index contributed by atoms with van der Waals surface area (Å²) in [5.74, 6) is -0.530. The first kappa shape index (κ1) is 17.4. The number of hydrazone groups is 1. The zero-order valence-corrected chi connectivity index (χ0v) is 14.2. The van der Waals surface area contributed by atoms with Crippen molar-refractivity contribution in [3.05, 3.63) is 59.7 Å². The minimum atomic E-state index is -0.549. The van der Waals surface area contributed by atoms with Gasteiger partial charge >= 0.3 is 5.97 Å². The van der Waals surface area contributed by atoms with Gasteiger partial charge in [0, 0.05) is 11.8 Å². The van der Waals surface area contributed by atoms with E-state index in [0.717, 1.165) is 0 Å². The van der Waals surface area contributed by atoms with Crippen molar-refractivity contribution in [3.8, 4) is 0 Å². The molecule has 1 aromatic carbocycles. The molecule has 0 amide bonds. The topological polar surface area (TPSA) is 88.3 Å². The Kier molecular flexibility index (Phi) is 5.12. The van der Waals surface area contributed by atoms with E-state index in [0.29, 0.717) is 28.5 Å². The molecule has 8 heteroatoms. The Balaban J connectivity index is 1.99. The Morgan fingerprint density at radius 3 is 2.88 bits per heavy atom. The van der Waals surface area contributed by atoms with E-state index >= 15 is 0 Å². The number of methoxy groups -OCH3 is 1. The van der Waals surface area contributed by atoms with Crippen LogP contribution in [0.3, 0.4) is 0 Å². The van der Waals surface area contributed by atoms with Gasteiger partial charge < -0.3 is 4.74 Å². The molecule has 2 heterocycles. The van der Waals surface area contributed by atoms with Gasteiger partial charge in [0.15, 0.2) is 0 Å². The third-order valence-electron chi connectivity index (χ3n) is 3.60. The zero-order chi connectivity index (χ0) is 18.5. The van der Waals surface area contributed by atoms with Crippen LogP contribution in [0.4, 0.5) is 10.1 Å². The van der Waals surface area contributed by atoms with E-state index in [-0.39, 0.29) is 12.3 Å². The number of hydrogen-bond acceptors (Lipinski definition) is 7. The summed E-state index contributed by atoms with van der Waals surface area (Å²) < 4.78 is 18.4. The van der Waals surface area contributed by atoms with Gasteiger partial charge in [0.25, 0.3) is 0 Å². The smallest absolute Gasteiger partial charge is 0.353 e. The average Bonchev–Trinajstić information content (AvgIpc) is 2.85. The normalized spacial score (nSPS) is 13.9. The summed E-state index contributed by atoms with van der Waals surface area (Å²) in [5, 5.41) is 3.95. The minimum Gasteiger partial charge on any atom is -0.464 e. The van der Waals surface area contributed by atoms with Crippen molar-refractivity contribution < 1.29 is 13.9 Å². The lowest BCUT2D eigenvalue weighted by molar-refractivity contribution is -0.132. The summed E-state index contributed by atoms with van der Waals surface area (Å²) in [6.45, 7) is 1.68. The highest BCUT2D eigenvalue weighted by Gasteiger charge is 2.18. The Hall–Kier alpha value is -3.42. The lowest BCUT2D eigenvalue weighted by Crippen LogP contribution is -2.24. The molecule has 0 spiro atoms. The van der Waals surface area contributed by atoms with E-state index < -0.39 is 11.8 Å². The van der Waals surface area contributed by atoms with Crippen molar-refractivity contribution in [1.82, 2.24) is 10.4 Å². The maximum Gasteiger partial charge on any atom is 0.353 e. The number of rotatable bonds is 3. The first-order valence-electron chi connectivity index (χ1n) is 7.80. The van der Waals surface area contributed by atoms with E-state index in [2.05, 4.69) is 30.2 Å². The van der Waals surface area contributed by atoms with Crippen LogP contribution in [0.5, 0.6) is 0 Å². The van der Waals surface area contributed by atoms with Crippen LogP contribution in [0.2, 0.25) is 0 Å². The van der Waals surface area contributed by atoms with E-state index in [1.165, 1.54) is 26.2 Å². The number of esters is 1. The van der Waals surface area contributed by atoms with Crippen molar-refractivity contribution in [3.63, 3.8) is 0 Å². The number of amidine groups is 1. The van der Waals surface area contributed by atoms with Crippen LogP contribution in [-0.2, 0) is 9.53 Å². The molecule has 0 atom stereocenters. The summed E-state index contributed by atoms with van der Waals surface area (Å²) in [7, 11) is 1.28. The molecule has 132 valence electrons. The van der Waals surface area contributed by atoms with Crippen molar-refractivity contribution >= 4 is 28.9 Å². The largest absolute Gasteiger partial charge is 0.464 e. The lowest BCUT2D eigenvalue weighted by Gasteiger charge is -2.07. The number of benzene rings is 1. The second-order valence-electron chi connectivity index (χ2n) is 5.40. The van der Waals surface area contributed by atoms with Gasteiger partial charge in [-0.15, -0.1) is 0 Å². The first-order chi connectivity index (χ1) is 12.6. The van der Waals surface area contributed by atoms with E-state index in [4.69, 9.17) is 0 Å². The molecule has 0 fully saturated rings. The van der Waals surface area contributed by atoms with Gasteiger partial charge in [-0.3, -0.25) is 15.4 Å². The fraction of sp³-hybridized carbons (Fsp3) is 0.167. The molecular formula is C18H16FN5O2. The number of fused-ring (bicyclic) bond motifs is 1. The average molecular weight is 353 g/mol. The highest BCUT2D eigenvalue weighted by molar-refractivity contribution is 6.35. The number of aromatic nitrogens is 1. The standard InChI is InChI=1S/C18H16FN5O2/c1-11(18(25)26-2)23-24-16-10-21-17(15-5-3-4-8-20-15)13-9-12(19)6-7-14(13)22-16/h3-9H,10H2,1-2H3,(H,22,24)/b23-11-. The molecule has 0 aliphatic carbocycles. The highest BCUT2D eigenvalue weighted by Crippen LogP contribution is 2.25. The predicted molar refractivity (Wildman–Crippen MR) is 96.5 cm³/mol. The first-order valence-corrected chi connectivity index (χ1v) is 7.80. The maximum absolute atomic E-state index is 13.8. The van der Waals surface area contributed by atoms with Crippen LogP contribution >= 0.6 is 0 Å². The van der Waals surface area contributed by atoms with Gasteiger partial charge in [-0.1, -0.05) is 6.07 Å². The summed E-state index contributed by atoms with van der Waals surface area (Å²) in [6.07, 6.45) is 1.64. The molecule has 1 aliphatic rings. The summed E-state index contributed by atoms with van der Waals surface area (Å²) >= 11 is 0. The molecule has 1 aliphatic heterocycles. The van der Waals surface area contributed by atoms with Gasteiger partial charge in [-0.2, -0.15) is 5.10 Å². The molecule has 0 bridgehead atoms. The van der Waals surface area contributed by atoms with Crippen LogP contribution in [0.1, 0.15) is 18.2 Å². The molecule has 0 saturated carbocycles. The molecule has 0 saturated heterocycles. The summed E-state index contributed by atoms with van der Waals surface area (Å²) in [6, 6.07) is 9.68. The van der Waals surface area contributed by atoms with Crippen LogP contribution in [0, 0.1) is 5.82 Å². The number of carbonyl (C=O) groups excluding carboxylic acids is 1.